The van der Waals surface area contributed by atoms with Crippen molar-refractivity contribution in [1.82, 2.24) is 0 Å². The minimum atomic E-state index is -1.10. The molecule has 0 unspecified atom stereocenters. The molecule has 3 nitrogen and oxygen atoms in total. The first-order valence-corrected chi connectivity index (χ1v) is 10.00. The van der Waals surface area contributed by atoms with Gasteiger partial charge in [0, 0.05) is 28.5 Å². The third-order valence-corrected chi connectivity index (χ3v) is 6.69. The maximum Gasteiger partial charge on any atom is 0.136 e. The molecule has 0 radical (unpaired) electrons. The normalized spacial score (nSPS) is 11.3. The maximum absolute atomic E-state index is 6.01. The molecule has 4 heteroatoms. The predicted octanol–water partition coefficient (Wildman–Crippen LogP) is 5.00. The second-order valence-electron chi connectivity index (χ2n) is 6.16. The third-order valence-electron chi connectivity index (χ3n) is 4.75. The Bertz CT molecular complexity index is 1020. The highest BCUT2D eigenvalue weighted by Gasteiger charge is 2.24. The highest BCUT2D eigenvalue weighted by molar-refractivity contribution is 7.69. The van der Waals surface area contributed by atoms with E-state index >= 15 is 0 Å². The summed E-state index contributed by atoms with van der Waals surface area (Å²) in [6.45, 7) is 0. The molecule has 4 rings (SSSR count). The van der Waals surface area contributed by atoms with Gasteiger partial charge >= 0.3 is 0 Å². The molecule has 0 fully saturated rings. The van der Waals surface area contributed by atoms with E-state index in [4.69, 9.17) is 14.0 Å². The number of benzene rings is 4. The van der Waals surface area contributed by atoms with E-state index in [-0.39, 0.29) is 0 Å². The van der Waals surface area contributed by atoms with Crippen molar-refractivity contribution in [3.63, 3.8) is 0 Å². The van der Waals surface area contributed by atoms with Crippen molar-refractivity contribution < 1.29 is 14.0 Å². The Morgan fingerprint density at radius 3 is 1.41 bits per heavy atom. The SMILES string of the molecule is COc1c(P(OC)c2ccc3ccccc3c2OC)ccc2ccccc12. The van der Waals surface area contributed by atoms with Crippen LogP contribution in [0.1, 0.15) is 0 Å². The van der Waals surface area contributed by atoms with Crippen LogP contribution in [-0.4, -0.2) is 21.3 Å². The van der Waals surface area contributed by atoms with Crippen LogP contribution in [0.5, 0.6) is 11.5 Å². The lowest BCUT2D eigenvalue weighted by atomic mass is 10.1. The van der Waals surface area contributed by atoms with Gasteiger partial charge in [-0.15, -0.1) is 0 Å². The molecule has 0 aliphatic heterocycles. The number of hydrogen-bond donors (Lipinski definition) is 0. The zero-order valence-corrected chi connectivity index (χ0v) is 16.5. The Kier molecular flexibility index (Phi) is 4.98. The van der Waals surface area contributed by atoms with Gasteiger partial charge in [0.15, 0.2) is 0 Å². The molecule has 0 saturated heterocycles. The monoisotopic (exact) mass is 376 g/mol. The van der Waals surface area contributed by atoms with Gasteiger partial charge < -0.3 is 14.0 Å². The van der Waals surface area contributed by atoms with Crippen LogP contribution in [0.15, 0.2) is 72.8 Å². The smallest absolute Gasteiger partial charge is 0.136 e. The standard InChI is InChI=1S/C23H21O3P/c1-24-22-18-10-6-4-8-16(18)12-14-20(22)27(26-3)21-15-13-17-9-5-7-11-19(17)23(21)25-2/h4-15H,1-3H3. The van der Waals surface area contributed by atoms with Gasteiger partial charge in [-0.2, -0.15) is 0 Å². The fourth-order valence-electron chi connectivity index (χ4n) is 3.54. The Hall–Kier alpha value is -2.61. The first-order chi connectivity index (χ1) is 13.3. The second-order valence-corrected chi connectivity index (χ2v) is 8.07. The topological polar surface area (TPSA) is 27.7 Å². The molecule has 0 N–H and O–H groups in total. The predicted molar refractivity (Wildman–Crippen MR) is 114 cm³/mol. The quantitative estimate of drug-likeness (QED) is 0.459. The molecule has 0 atom stereocenters. The summed E-state index contributed by atoms with van der Waals surface area (Å²) in [6.07, 6.45) is 0. The van der Waals surface area contributed by atoms with Gasteiger partial charge in [-0.3, -0.25) is 0 Å². The van der Waals surface area contributed by atoms with Crippen molar-refractivity contribution in [3.8, 4) is 11.5 Å². The van der Waals surface area contributed by atoms with Gasteiger partial charge in [0.25, 0.3) is 0 Å². The lowest BCUT2D eigenvalue weighted by Crippen LogP contribution is -2.17. The molecule has 27 heavy (non-hydrogen) atoms. The molecular weight excluding hydrogens is 355 g/mol. The van der Waals surface area contributed by atoms with Crippen LogP contribution in [0.4, 0.5) is 0 Å². The summed E-state index contributed by atoms with van der Waals surface area (Å²) < 4.78 is 17.6. The molecule has 0 bridgehead atoms. The Morgan fingerprint density at radius 2 is 1.00 bits per heavy atom. The fourth-order valence-corrected chi connectivity index (χ4v) is 5.40. The van der Waals surface area contributed by atoms with Crippen LogP contribution in [0, 0.1) is 0 Å². The van der Waals surface area contributed by atoms with E-state index in [9.17, 15) is 0 Å². The second kappa shape index (κ2) is 7.56. The van der Waals surface area contributed by atoms with Crippen molar-refractivity contribution in [3.05, 3.63) is 72.8 Å². The van der Waals surface area contributed by atoms with E-state index in [2.05, 4.69) is 48.5 Å². The zero-order valence-electron chi connectivity index (χ0n) is 15.6. The number of rotatable bonds is 5. The lowest BCUT2D eigenvalue weighted by Gasteiger charge is -2.22. The van der Waals surface area contributed by atoms with Crippen molar-refractivity contribution in [2.45, 2.75) is 0 Å². The first kappa shape index (κ1) is 17.8. The highest BCUT2D eigenvalue weighted by Crippen LogP contribution is 2.44. The number of fused-ring (bicyclic) bond motifs is 2. The van der Waals surface area contributed by atoms with E-state index in [1.807, 2.05) is 24.3 Å². The number of ether oxygens (including phenoxy) is 2. The summed E-state index contributed by atoms with van der Waals surface area (Å²) in [5.41, 5.74) is 0. The molecule has 0 aliphatic rings. The first-order valence-electron chi connectivity index (χ1n) is 8.74. The van der Waals surface area contributed by atoms with E-state index in [0.717, 1.165) is 43.7 Å². The average Bonchev–Trinajstić information content (AvgIpc) is 2.73. The minimum Gasteiger partial charge on any atom is -0.495 e. The summed E-state index contributed by atoms with van der Waals surface area (Å²) in [4.78, 5) is 0. The number of methoxy groups -OCH3 is 2. The number of hydrogen-bond acceptors (Lipinski definition) is 3. The molecule has 0 spiro atoms. The summed E-state index contributed by atoms with van der Waals surface area (Å²) in [6, 6.07) is 24.9. The molecule has 4 aromatic rings. The molecule has 0 heterocycles. The fraction of sp³-hybridized carbons (Fsp3) is 0.130. The van der Waals surface area contributed by atoms with E-state index in [1.165, 1.54) is 0 Å². The van der Waals surface area contributed by atoms with Crippen LogP contribution in [0.3, 0.4) is 0 Å². The van der Waals surface area contributed by atoms with Gasteiger partial charge in [0.2, 0.25) is 0 Å². The molecule has 0 saturated carbocycles. The van der Waals surface area contributed by atoms with Crippen molar-refractivity contribution >= 4 is 40.3 Å². The van der Waals surface area contributed by atoms with E-state index < -0.39 is 8.15 Å². The van der Waals surface area contributed by atoms with Crippen LogP contribution < -0.4 is 20.1 Å². The molecular formula is C23H21O3P. The van der Waals surface area contributed by atoms with E-state index in [0.29, 0.717) is 0 Å². The molecule has 4 aromatic carbocycles. The van der Waals surface area contributed by atoms with Crippen LogP contribution in [0.2, 0.25) is 0 Å². The average molecular weight is 376 g/mol. The Labute approximate surface area is 160 Å². The van der Waals surface area contributed by atoms with Gasteiger partial charge in [-0.1, -0.05) is 60.7 Å². The molecule has 136 valence electrons. The summed E-state index contributed by atoms with van der Waals surface area (Å²) in [7, 11) is 4.08. The Balaban J connectivity index is 1.96. The van der Waals surface area contributed by atoms with Crippen molar-refractivity contribution in [1.29, 1.82) is 0 Å². The van der Waals surface area contributed by atoms with Gasteiger partial charge in [0.1, 0.15) is 11.5 Å². The van der Waals surface area contributed by atoms with Crippen LogP contribution in [-0.2, 0) is 4.52 Å². The summed E-state index contributed by atoms with van der Waals surface area (Å²) in [5.74, 6) is 1.72. The lowest BCUT2D eigenvalue weighted by molar-refractivity contribution is 0.418. The third kappa shape index (κ3) is 3.03. The molecule has 0 aromatic heterocycles. The minimum absolute atomic E-state index is 0.858. The molecule has 0 aliphatic carbocycles. The Morgan fingerprint density at radius 1 is 0.556 bits per heavy atom. The van der Waals surface area contributed by atoms with Gasteiger partial charge in [-0.05, 0) is 22.9 Å². The van der Waals surface area contributed by atoms with Crippen molar-refractivity contribution in [2.24, 2.45) is 0 Å². The molecule has 0 amide bonds. The highest BCUT2D eigenvalue weighted by atomic mass is 31.1. The maximum atomic E-state index is 6.01. The van der Waals surface area contributed by atoms with Gasteiger partial charge in [0.05, 0.1) is 22.4 Å². The zero-order chi connectivity index (χ0) is 18.8. The summed E-state index contributed by atoms with van der Waals surface area (Å²) >= 11 is 0. The van der Waals surface area contributed by atoms with E-state index in [1.54, 1.807) is 21.3 Å². The summed E-state index contributed by atoms with van der Waals surface area (Å²) in [5, 5.41) is 6.55. The van der Waals surface area contributed by atoms with Crippen LogP contribution >= 0.6 is 8.15 Å². The van der Waals surface area contributed by atoms with Gasteiger partial charge in [-0.25, -0.2) is 0 Å². The van der Waals surface area contributed by atoms with Crippen LogP contribution in [0.25, 0.3) is 21.5 Å². The van der Waals surface area contributed by atoms with Crippen molar-refractivity contribution in [2.75, 3.05) is 21.3 Å². The largest absolute Gasteiger partial charge is 0.495 e.